The SMILES string of the molecule is Cc1ccc(SNc2ccc(Oc3cnn(-c4ccc(F)cc4)c3)c(Cl)c2)cc1. The third-order valence-corrected chi connectivity index (χ3v) is 5.26. The lowest BCUT2D eigenvalue weighted by Crippen LogP contribution is -1.93. The third kappa shape index (κ3) is 4.91. The van der Waals surface area contributed by atoms with Crippen LogP contribution in [-0.4, -0.2) is 9.78 Å². The van der Waals surface area contributed by atoms with Gasteiger partial charge in [-0.05, 0) is 73.5 Å². The number of aromatic nitrogens is 2. The topological polar surface area (TPSA) is 39.1 Å². The number of aryl methyl sites for hydroxylation is 1. The van der Waals surface area contributed by atoms with Crippen molar-refractivity contribution in [2.75, 3.05) is 4.72 Å². The molecule has 146 valence electrons. The highest BCUT2D eigenvalue weighted by atomic mass is 35.5. The fraction of sp³-hybridized carbons (Fsp3) is 0.0455. The molecule has 0 aliphatic heterocycles. The Hall–Kier alpha value is -2.96. The van der Waals surface area contributed by atoms with Crippen LogP contribution in [0.15, 0.2) is 84.0 Å². The Bertz CT molecular complexity index is 1110. The van der Waals surface area contributed by atoms with Crippen LogP contribution in [0.5, 0.6) is 11.5 Å². The van der Waals surface area contributed by atoms with Gasteiger partial charge in [-0.1, -0.05) is 29.3 Å². The number of ether oxygens (including phenoxy) is 1. The summed E-state index contributed by atoms with van der Waals surface area (Å²) in [6.45, 7) is 2.06. The summed E-state index contributed by atoms with van der Waals surface area (Å²) in [5.41, 5.74) is 2.83. The van der Waals surface area contributed by atoms with Crippen molar-refractivity contribution in [2.24, 2.45) is 0 Å². The summed E-state index contributed by atoms with van der Waals surface area (Å²) < 4.78 is 23.8. The first kappa shape index (κ1) is 19.4. The van der Waals surface area contributed by atoms with E-state index in [9.17, 15) is 4.39 Å². The van der Waals surface area contributed by atoms with Crippen molar-refractivity contribution in [1.29, 1.82) is 0 Å². The molecular weight excluding hydrogens is 409 g/mol. The van der Waals surface area contributed by atoms with E-state index in [0.29, 0.717) is 16.5 Å². The van der Waals surface area contributed by atoms with Crippen LogP contribution in [0.25, 0.3) is 5.69 Å². The minimum atomic E-state index is -0.293. The number of hydrogen-bond donors (Lipinski definition) is 1. The van der Waals surface area contributed by atoms with Crippen LogP contribution >= 0.6 is 23.5 Å². The zero-order valence-corrected chi connectivity index (χ0v) is 17.0. The van der Waals surface area contributed by atoms with Gasteiger partial charge in [0.25, 0.3) is 0 Å². The van der Waals surface area contributed by atoms with Crippen LogP contribution in [0.4, 0.5) is 10.1 Å². The predicted octanol–water partition coefficient (Wildman–Crippen LogP) is 6.88. The van der Waals surface area contributed by atoms with E-state index in [1.165, 1.54) is 29.6 Å². The molecule has 1 aromatic heterocycles. The number of benzene rings is 3. The van der Waals surface area contributed by atoms with Crippen LogP contribution in [0.1, 0.15) is 5.56 Å². The Labute approximate surface area is 177 Å². The van der Waals surface area contributed by atoms with Crippen LogP contribution < -0.4 is 9.46 Å². The Morgan fingerprint density at radius 2 is 1.79 bits per heavy atom. The molecule has 0 unspecified atom stereocenters. The third-order valence-electron chi connectivity index (χ3n) is 4.12. The summed E-state index contributed by atoms with van der Waals surface area (Å²) in [6.07, 6.45) is 3.29. The quantitative estimate of drug-likeness (QED) is 0.341. The second-order valence-corrected chi connectivity index (χ2v) is 7.65. The highest BCUT2D eigenvalue weighted by Gasteiger charge is 2.08. The van der Waals surface area contributed by atoms with Gasteiger partial charge >= 0.3 is 0 Å². The molecule has 4 nitrogen and oxygen atoms in total. The zero-order chi connectivity index (χ0) is 20.2. The van der Waals surface area contributed by atoms with Gasteiger partial charge in [0.15, 0.2) is 5.75 Å². The average molecular weight is 426 g/mol. The number of rotatable bonds is 6. The van der Waals surface area contributed by atoms with E-state index in [2.05, 4.69) is 41.0 Å². The molecule has 7 heteroatoms. The van der Waals surface area contributed by atoms with Crippen LogP contribution in [-0.2, 0) is 0 Å². The normalized spacial score (nSPS) is 10.7. The Kier molecular flexibility index (Phi) is 5.74. The molecule has 1 heterocycles. The zero-order valence-electron chi connectivity index (χ0n) is 15.5. The maximum absolute atomic E-state index is 13.1. The Morgan fingerprint density at radius 3 is 2.52 bits per heavy atom. The van der Waals surface area contributed by atoms with Crippen molar-refractivity contribution in [1.82, 2.24) is 9.78 Å². The molecule has 0 bridgehead atoms. The molecule has 0 radical (unpaired) electrons. The van der Waals surface area contributed by atoms with Crippen molar-refractivity contribution in [3.63, 3.8) is 0 Å². The molecule has 3 aromatic carbocycles. The molecule has 0 aliphatic rings. The fourth-order valence-electron chi connectivity index (χ4n) is 2.59. The van der Waals surface area contributed by atoms with E-state index < -0.39 is 0 Å². The van der Waals surface area contributed by atoms with Crippen molar-refractivity contribution in [3.8, 4) is 17.2 Å². The molecule has 1 N–H and O–H groups in total. The molecule has 4 rings (SSSR count). The average Bonchev–Trinajstić information content (AvgIpc) is 3.18. The van der Waals surface area contributed by atoms with Crippen LogP contribution in [0.2, 0.25) is 5.02 Å². The number of anilines is 1. The summed E-state index contributed by atoms with van der Waals surface area (Å²) in [5, 5.41) is 4.72. The maximum atomic E-state index is 13.1. The summed E-state index contributed by atoms with van der Waals surface area (Å²) >= 11 is 7.89. The summed E-state index contributed by atoms with van der Waals surface area (Å²) in [5.74, 6) is 0.764. The molecule has 0 aliphatic carbocycles. The molecule has 0 spiro atoms. The highest BCUT2D eigenvalue weighted by Crippen LogP contribution is 2.33. The van der Waals surface area contributed by atoms with Gasteiger partial charge in [0.2, 0.25) is 0 Å². The highest BCUT2D eigenvalue weighted by molar-refractivity contribution is 8.00. The van der Waals surface area contributed by atoms with Gasteiger partial charge in [0.1, 0.15) is 11.6 Å². The lowest BCUT2D eigenvalue weighted by atomic mass is 10.2. The van der Waals surface area contributed by atoms with E-state index in [0.717, 1.165) is 16.3 Å². The molecule has 29 heavy (non-hydrogen) atoms. The van der Waals surface area contributed by atoms with E-state index in [4.69, 9.17) is 16.3 Å². The van der Waals surface area contributed by atoms with Crippen molar-refractivity contribution in [3.05, 3.63) is 95.5 Å². The van der Waals surface area contributed by atoms with Gasteiger partial charge in [-0.15, -0.1) is 0 Å². The number of nitrogens with zero attached hydrogens (tertiary/aromatic N) is 2. The van der Waals surface area contributed by atoms with Gasteiger partial charge in [-0.3, -0.25) is 0 Å². The van der Waals surface area contributed by atoms with Gasteiger partial charge in [-0.25, -0.2) is 9.07 Å². The largest absolute Gasteiger partial charge is 0.452 e. The smallest absolute Gasteiger partial charge is 0.165 e. The molecule has 0 saturated carbocycles. The predicted molar refractivity (Wildman–Crippen MR) is 116 cm³/mol. The van der Waals surface area contributed by atoms with Crippen LogP contribution in [0, 0.1) is 12.7 Å². The lowest BCUT2D eigenvalue weighted by Gasteiger charge is -2.09. The van der Waals surface area contributed by atoms with Crippen molar-refractivity contribution >= 4 is 29.2 Å². The van der Waals surface area contributed by atoms with Crippen molar-refractivity contribution < 1.29 is 9.13 Å². The number of halogens is 2. The van der Waals surface area contributed by atoms with E-state index >= 15 is 0 Å². The molecule has 0 fully saturated rings. The molecule has 0 saturated heterocycles. The monoisotopic (exact) mass is 425 g/mol. The molecule has 0 atom stereocenters. The number of nitrogens with one attached hydrogen (secondary N) is 1. The van der Waals surface area contributed by atoms with E-state index in [1.807, 2.05) is 12.1 Å². The maximum Gasteiger partial charge on any atom is 0.165 e. The van der Waals surface area contributed by atoms with Gasteiger partial charge < -0.3 is 9.46 Å². The van der Waals surface area contributed by atoms with Crippen LogP contribution in [0.3, 0.4) is 0 Å². The van der Waals surface area contributed by atoms with E-state index in [1.54, 1.807) is 35.3 Å². The molecular formula is C22H17ClFN3OS. The number of hydrogen-bond acceptors (Lipinski definition) is 4. The lowest BCUT2D eigenvalue weighted by molar-refractivity contribution is 0.483. The molecule has 0 amide bonds. The summed E-state index contributed by atoms with van der Waals surface area (Å²) in [7, 11) is 0. The second kappa shape index (κ2) is 8.59. The first-order chi connectivity index (χ1) is 14.1. The van der Waals surface area contributed by atoms with Gasteiger partial charge in [-0.2, -0.15) is 5.10 Å². The summed E-state index contributed by atoms with van der Waals surface area (Å²) in [4.78, 5) is 1.11. The fourth-order valence-corrected chi connectivity index (χ4v) is 3.45. The molecule has 4 aromatic rings. The Balaban J connectivity index is 1.42. The van der Waals surface area contributed by atoms with Crippen molar-refractivity contribution in [2.45, 2.75) is 11.8 Å². The van der Waals surface area contributed by atoms with Gasteiger partial charge in [0, 0.05) is 10.6 Å². The standard InChI is InChI=1S/C22H17ClFN3OS/c1-15-2-9-20(10-3-15)29-26-17-6-11-22(21(23)12-17)28-19-13-25-27(14-19)18-7-4-16(24)5-8-18/h2-14,26H,1H3. The van der Waals surface area contributed by atoms with E-state index in [-0.39, 0.29) is 5.82 Å². The minimum absolute atomic E-state index is 0.293. The summed E-state index contributed by atoms with van der Waals surface area (Å²) in [6, 6.07) is 19.8. The second-order valence-electron chi connectivity index (χ2n) is 6.36. The Morgan fingerprint density at radius 1 is 1.03 bits per heavy atom. The first-order valence-corrected chi connectivity index (χ1v) is 10.0. The minimum Gasteiger partial charge on any atom is -0.452 e. The first-order valence-electron chi connectivity index (χ1n) is 8.84. The van der Waals surface area contributed by atoms with Gasteiger partial charge in [0.05, 0.1) is 23.1 Å².